The molecule has 2 aromatic carbocycles. The van der Waals surface area contributed by atoms with Gasteiger partial charge >= 0.3 is 0 Å². The van der Waals surface area contributed by atoms with Crippen LogP contribution < -0.4 is 10.2 Å². The molecular weight excluding hydrogens is 334 g/mol. The zero-order chi connectivity index (χ0) is 18.7. The molecule has 8 nitrogen and oxygen atoms in total. The molecule has 26 heavy (non-hydrogen) atoms. The van der Waals surface area contributed by atoms with E-state index in [1.54, 1.807) is 24.4 Å². The fourth-order valence-electron chi connectivity index (χ4n) is 2.48. The highest BCUT2D eigenvalue weighted by Crippen LogP contribution is 2.25. The van der Waals surface area contributed by atoms with Crippen LogP contribution >= 0.6 is 0 Å². The number of rotatable bonds is 5. The van der Waals surface area contributed by atoms with Crippen LogP contribution in [0.5, 0.6) is 0 Å². The largest absolute Gasteiger partial charge is 0.378 e. The summed E-state index contributed by atoms with van der Waals surface area (Å²) in [5.41, 5.74) is 2.00. The van der Waals surface area contributed by atoms with E-state index in [1.165, 1.54) is 29.2 Å². The normalized spacial score (nSPS) is 10.4. The summed E-state index contributed by atoms with van der Waals surface area (Å²) in [7, 11) is 3.85. The SMILES string of the molecule is CN(C)c1ccc(NC(=O)c2ccc(-n3ccnc3)c([N+](=O)[O-])c2)cc1. The van der Waals surface area contributed by atoms with E-state index in [1.807, 2.05) is 31.1 Å². The summed E-state index contributed by atoms with van der Waals surface area (Å²) in [4.78, 5) is 29.2. The zero-order valence-electron chi connectivity index (χ0n) is 14.3. The standard InChI is InChI=1S/C18H17N5O3/c1-21(2)15-6-4-14(5-7-15)20-18(24)13-3-8-16(17(11-13)23(25)26)22-10-9-19-12-22/h3-12H,1-2H3,(H,20,24). The van der Waals surface area contributed by atoms with Crippen molar-refractivity contribution in [3.05, 3.63) is 76.9 Å². The van der Waals surface area contributed by atoms with Gasteiger partial charge < -0.3 is 14.8 Å². The van der Waals surface area contributed by atoms with Crippen LogP contribution in [0.2, 0.25) is 0 Å². The van der Waals surface area contributed by atoms with Gasteiger partial charge in [-0.1, -0.05) is 0 Å². The number of imidazole rings is 1. The lowest BCUT2D eigenvalue weighted by molar-refractivity contribution is -0.384. The van der Waals surface area contributed by atoms with Crippen LogP contribution in [0.4, 0.5) is 17.1 Å². The van der Waals surface area contributed by atoms with E-state index in [-0.39, 0.29) is 11.3 Å². The van der Waals surface area contributed by atoms with Crippen molar-refractivity contribution in [1.82, 2.24) is 9.55 Å². The molecule has 1 heterocycles. The van der Waals surface area contributed by atoms with Gasteiger partial charge in [0.1, 0.15) is 5.69 Å². The molecule has 0 bridgehead atoms. The van der Waals surface area contributed by atoms with Crippen LogP contribution in [0.15, 0.2) is 61.2 Å². The first-order valence-electron chi connectivity index (χ1n) is 7.81. The maximum Gasteiger partial charge on any atom is 0.294 e. The van der Waals surface area contributed by atoms with E-state index >= 15 is 0 Å². The van der Waals surface area contributed by atoms with Crippen LogP contribution in [0, 0.1) is 10.1 Å². The second-order valence-electron chi connectivity index (χ2n) is 5.83. The summed E-state index contributed by atoms with van der Waals surface area (Å²) >= 11 is 0. The highest BCUT2D eigenvalue weighted by Gasteiger charge is 2.18. The Labute approximate surface area is 149 Å². The van der Waals surface area contributed by atoms with Gasteiger partial charge in [-0.15, -0.1) is 0 Å². The number of hydrogen-bond acceptors (Lipinski definition) is 5. The van der Waals surface area contributed by atoms with Crippen molar-refractivity contribution in [2.24, 2.45) is 0 Å². The highest BCUT2D eigenvalue weighted by atomic mass is 16.6. The summed E-state index contributed by atoms with van der Waals surface area (Å²) in [5.74, 6) is -0.414. The minimum atomic E-state index is -0.516. The second-order valence-corrected chi connectivity index (χ2v) is 5.83. The number of benzene rings is 2. The Balaban J connectivity index is 1.85. The summed E-state index contributed by atoms with van der Waals surface area (Å²) in [6.07, 6.45) is 4.60. The molecule has 132 valence electrons. The minimum Gasteiger partial charge on any atom is -0.378 e. The maximum atomic E-state index is 12.4. The smallest absolute Gasteiger partial charge is 0.294 e. The first kappa shape index (κ1) is 17.2. The molecule has 0 radical (unpaired) electrons. The van der Waals surface area contributed by atoms with Crippen molar-refractivity contribution in [3.8, 4) is 5.69 Å². The number of nitrogens with one attached hydrogen (secondary N) is 1. The van der Waals surface area contributed by atoms with Gasteiger partial charge in [-0.25, -0.2) is 4.98 Å². The van der Waals surface area contributed by atoms with Crippen molar-refractivity contribution in [2.75, 3.05) is 24.3 Å². The first-order valence-corrected chi connectivity index (χ1v) is 7.81. The zero-order valence-corrected chi connectivity index (χ0v) is 14.3. The van der Waals surface area contributed by atoms with E-state index in [0.29, 0.717) is 11.4 Å². The molecule has 0 fully saturated rings. The Morgan fingerprint density at radius 1 is 1.19 bits per heavy atom. The first-order chi connectivity index (χ1) is 12.5. The summed E-state index contributed by atoms with van der Waals surface area (Å²) in [5, 5.41) is 14.1. The van der Waals surface area contributed by atoms with E-state index in [2.05, 4.69) is 10.3 Å². The lowest BCUT2D eigenvalue weighted by Gasteiger charge is -2.13. The highest BCUT2D eigenvalue weighted by molar-refractivity contribution is 6.05. The molecule has 3 aromatic rings. The summed E-state index contributed by atoms with van der Waals surface area (Å²) < 4.78 is 1.53. The van der Waals surface area contributed by atoms with Gasteiger partial charge in [0, 0.05) is 49.5 Å². The number of nitrogens with zero attached hydrogens (tertiary/aromatic N) is 4. The minimum absolute atomic E-state index is 0.168. The molecule has 0 spiro atoms. The number of carbonyl (C=O) groups is 1. The lowest BCUT2D eigenvalue weighted by atomic mass is 10.1. The molecule has 0 saturated heterocycles. The molecule has 0 aliphatic heterocycles. The van der Waals surface area contributed by atoms with Crippen LogP contribution in [0.1, 0.15) is 10.4 Å². The second kappa shape index (κ2) is 7.06. The molecule has 1 aromatic heterocycles. The maximum absolute atomic E-state index is 12.4. The Morgan fingerprint density at radius 2 is 1.92 bits per heavy atom. The van der Waals surface area contributed by atoms with Crippen LogP contribution in [0.25, 0.3) is 5.69 Å². The molecule has 0 saturated carbocycles. The number of aromatic nitrogens is 2. The molecule has 1 N–H and O–H groups in total. The fourth-order valence-corrected chi connectivity index (χ4v) is 2.48. The van der Waals surface area contributed by atoms with Gasteiger partial charge in [0.2, 0.25) is 0 Å². The third-order valence-corrected chi connectivity index (χ3v) is 3.86. The number of nitro benzene ring substituents is 1. The van der Waals surface area contributed by atoms with E-state index in [0.717, 1.165) is 5.69 Å². The topological polar surface area (TPSA) is 93.3 Å². The molecular formula is C18H17N5O3. The molecule has 0 atom stereocenters. The summed E-state index contributed by atoms with van der Waals surface area (Å²) in [6.45, 7) is 0. The average Bonchev–Trinajstić information content (AvgIpc) is 3.16. The molecule has 0 aliphatic rings. The van der Waals surface area contributed by atoms with Gasteiger partial charge in [-0.05, 0) is 36.4 Å². The van der Waals surface area contributed by atoms with Crippen LogP contribution in [-0.2, 0) is 0 Å². The van der Waals surface area contributed by atoms with Gasteiger partial charge in [-0.3, -0.25) is 14.9 Å². The Morgan fingerprint density at radius 3 is 2.50 bits per heavy atom. The quantitative estimate of drug-likeness (QED) is 0.563. The van der Waals surface area contributed by atoms with Crippen molar-refractivity contribution >= 4 is 23.0 Å². The molecule has 1 amide bonds. The van der Waals surface area contributed by atoms with Gasteiger partial charge in [0.05, 0.1) is 11.3 Å². The number of amides is 1. The van der Waals surface area contributed by atoms with Gasteiger partial charge in [0.25, 0.3) is 11.6 Å². The van der Waals surface area contributed by atoms with Crippen molar-refractivity contribution in [2.45, 2.75) is 0 Å². The Kier molecular flexibility index (Phi) is 4.66. The van der Waals surface area contributed by atoms with Crippen molar-refractivity contribution in [3.63, 3.8) is 0 Å². The number of nitro groups is 1. The van der Waals surface area contributed by atoms with Gasteiger partial charge in [-0.2, -0.15) is 0 Å². The third-order valence-electron chi connectivity index (χ3n) is 3.86. The van der Waals surface area contributed by atoms with Crippen molar-refractivity contribution < 1.29 is 9.72 Å². The number of hydrogen-bond donors (Lipinski definition) is 1. The van der Waals surface area contributed by atoms with Crippen LogP contribution in [-0.4, -0.2) is 34.5 Å². The summed E-state index contributed by atoms with van der Waals surface area (Å²) in [6, 6.07) is 11.7. The fraction of sp³-hybridized carbons (Fsp3) is 0.111. The van der Waals surface area contributed by atoms with Crippen LogP contribution in [0.3, 0.4) is 0 Å². The van der Waals surface area contributed by atoms with Gasteiger partial charge in [0.15, 0.2) is 0 Å². The average molecular weight is 351 g/mol. The van der Waals surface area contributed by atoms with E-state index in [4.69, 9.17) is 0 Å². The number of anilines is 2. The predicted molar refractivity (Wildman–Crippen MR) is 98.9 cm³/mol. The van der Waals surface area contributed by atoms with Crippen molar-refractivity contribution in [1.29, 1.82) is 0 Å². The molecule has 8 heteroatoms. The Hall–Kier alpha value is -3.68. The Bertz CT molecular complexity index is 934. The molecule has 3 rings (SSSR count). The number of carbonyl (C=O) groups excluding carboxylic acids is 1. The predicted octanol–water partition coefficient (Wildman–Crippen LogP) is 3.10. The monoisotopic (exact) mass is 351 g/mol. The third kappa shape index (κ3) is 3.54. The lowest BCUT2D eigenvalue weighted by Crippen LogP contribution is -2.13. The molecule has 0 aliphatic carbocycles. The molecule has 0 unspecified atom stereocenters. The van der Waals surface area contributed by atoms with E-state index in [9.17, 15) is 14.9 Å². The van der Waals surface area contributed by atoms with E-state index < -0.39 is 10.8 Å².